The van der Waals surface area contributed by atoms with Gasteiger partial charge in [-0.15, -0.1) is 11.3 Å². The van der Waals surface area contributed by atoms with Crippen LogP contribution in [0.1, 0.15) is 22.3 Å². The summed E-state index contributed by atoms with van der Waals surface area (Å²) in [6.45, 7) is 0. The topological polar surface area (TPSA) is 3.24 Å². The molecule has 252 valence electrons. The van der Waals surface area contributed by atoms with E-state index in [0.29, 0.717) is 0 Å². The summed E-state index contributed by atoms with van der Waals surface area (Å²) >= 11 is 5.92. The van der Waals surface area contributed by atoms with Crippen LogP contribution in [0.15, 0.2) is 186 Å². The Balaban J connectivity index is 1.18. The molecule has 1 spiro atoms. The van der Waals surface area contributed by atoms with E-state index >= 15 is 0 Å². The van der Waals surface area contributed by atoms with E-state index in [2.05, 4.69) is 203 Å². The van der Waals surface area contributed by atoms with Crippen molar-refractivity contribution >= 4 is 86.0 Å². The first-order valence-electron chi connectivity index (χ1n) is 18.5. The van der Waals surface area contributed by atoms with Crippen LogP contribution in [0, 0.1) is 0 Å². The summed E-state index contributed by atoms with van der Waals surface area (Å²) in [5, 5.41) is 7.78. The Morgan fingerprint density at radius 3 is 1.56 bits per heavy atom. The maximum absolute atomic E-state index is 4.01. The van der Waals surface area contributed by atoms with E-state index in [4.69, 9.17) is 0 Å². The van der Waals surface area contributed by atoms with E-state index in [-0.39, 0.29) is 0 Å². The van der Waals surface area contributed by atoms with E-state index in [1.807, 2.05) is 11.3 Å². The summed E-state index contributed by atoms with van der Waals surface area (Å²) in [6.07, 6.45) is 0. The van der Waals surface area contributed by atoms with Gasteiger partial charge < -0.3 is 4.90 Å². The number of halogens is 1. The summed E-state index contributed by atoms with van der Waals surface area (Å²) in [5.74, 6) is 0. The lowest BCUT2D eigenvalue weighted by Crippen LogP contribution is -2.26. The van der Waals surface area contributed by atoms with Gasteiger partial charge in [-0.05, 0) is 97.1 Å². The number of anilines is 3. The second-order valence-electron chi connectivity index (χ2n) is 14.5. The fraction of sp³-hybridized carbons (Fsp3) is 0.0196. The number of hydrogen-bond donors (Lipinski definition) is 0. The van der Waals surface area contributed by atoms with Crippen molar-refractivity contribution in [3.05, 3.63) is 209 Å². The standard InChI is InChI=1S/C51H30BrNS/c52-31-28-42-48-40-21-6-4-16-34(40)35-17-5-7-22-41(35)50(48)54-49(42)47(29-31)53(32-14-2-1-3-15-32)33-26-27-39-38-20-10-13-25-45(38)51(46(39)30-33)43-23-11-8-18-36(43)37-19-9-12-24-44(37)51/h1-30H. The third-order valence-electron chi connectivity index (χ3n) is 11.9. The summed E-state index contributed by atoms with van der Waals surface area (Å²) in [5.41, 5.74) is 13.7. The molecule has 0 fully saturated rings. The van der Waals surface area contributed by atoms with Crippen LogP contribution >= 0.6 is 27.3 Å². The highest BCUT2D eigenvalue weighted by Crippen LogP contribution is 2.63. The van der Waals surface area contributed by atoms with Crippen LogP contribution in [0.5, 0.6) is 0 Å². The number of nitrogens with zero attached hydrogens (tertiary/aromatic N) is 1. The van der Waals surface area contributed by atoms with Crippen LogP contribution in [0.25, 0.3) is 64.0 Å². The quantitative estimate of drug-likeness (QED) is 0.162. The average molecular weight is 769 g/mol. The van der Waals surface area contributed by atoms with Crippen molar-refractivity contribution in [2.24, 2.45) is 0 Å². The van der Waals surface area contributed by atoms with Crippen molar-refractivity contribution in [3.8, 4) is 22.3 Å². The lowest BCUT2D eigenvalue weighted by molar-refractivity contribution is 0.793. The van der Waals surface area contributed by atoms with E-state index < -0.39 is 5.41 Å². The summed E-state index contributed by atoms with van der Waals surface area (Å²) < 4.78 is 3.66. The molecule has 0 N–H and O–H groups in total. The molecular formula is C51H30BrNS. The van der Waals surface area contributed by atoms with Crippen molar-refractivity contribution in [1.82, 2.24) is 0 Å². The molecule has 10 aromatic rings. The second kappa shape index (κ2) is 11.3. The first-order valence-corrected chi connectivity index (χ1v) is 20.1. The molecular weight excluding hydrogens is 739 g/mol. The van der Waals surface area contributed by atoms with Crippen LogP contribution < -0.4 is 4.90 Å². The Morgan fingerprint density at radius 1 is 0.389 bits per heavy atom. The maximum Gasteiger partial charge on any atom is 0.0726 e. The molecule has 1 aromatic heterocycles. The first-order chi connectivity index (χ1) is 26.7. The summed E-state index contributed by atoms with van der Waals surface area (Å²) in [4.78, 5) is 2.48. The molecule has 0 saturated carbocycles. The van der Waals surface area contributed by atoms with Crippen LogP contribution in [0.4, 0.5) is 17.1 Å². The summed E-state index contributed by atoms with van der Waals surface area (Å²) in [6, 6.07) is 67.7. The minimum absolute atomic E-state index is 0.417. The highest BCUT2D eigenvalue weighted by atomic mass is 79.9. The lowest BCUT2D eigenvalue weighted by atomic mass is 9.70. The van der Waals surface area contributed by atoms with Crippen LogP contribution in [-0.4, -0.2) is 0 Å². The molecule has 12 rings (SSSR count). The van der Waals surface area contributed by atoms with Crippen LogP contribution in [0.3, 0.4) is 0 Å². The molecule has 9 aromatic carbocycles. The Labute approximate surface area is 325 Å². The molecule has 2 aliphatic rings. The normalized spacial score (nSPS) is 13.4. The van der Waals surface area contributed by atoms with Gasteiger partial charge in [0.2, 0.25) is 0 Å². The molecule has 54 heavy (non-hydrogen) atoms. The fourth-order valence-corrected chi connectivity index (χ4v) is 11.6. The van der Waals surface area contributed by atoms with E-state index in [0.717, 1.165) is 21.5 Å². The Kier molecular flexibility index (Phi) is 6.35. The van der Waals surface area contributed by atoms with Gasteiger partial charge in [0.1, 0.15) is 0 Å². The van der Waals surface area contributed by atoms with Crippen molar-refractivity contribution in [2.75, 3.05) is 4.90 Å². The predicted octanol–water partition coefficient (Wildman–Crippen LogP) is 14.9. The number of hydrogen-bond acceptors (Lipinski definition) is 2. The first kappa shape index (κ1) is 30.5. The zero-order valence-electron chi connectivity index (χ0n) is 29.1. The SMILES string of the molecule is Brc1cc(N(c2ccccc2)c2ccc3c(c2)C2(c4ccccc4-c4ccccc42)c2ccccc2-3)c2sc3c4ccccc4c4ccccc4c3c2c1. The number of thiophene rings is 1. The van der Waals surface area contributed by atoms with Gasteiger partial charge in [0, 0.05) is 36.7 Å². The third-order valence-corrected chi connectivity index (χ3v) is 13.6. The highest BCUT2D eigenvalue weighted by Gasteiger charge is 2.51. The van der Waals surface area contributed by atoms with Gasteiger partial charge in [-0.1, -0.05) is 162 Å². The van der Waals surface area contributed by atoms with E-state index in [1.54, 1.807) is 0 Å². The second-order valence-corrected chi connectivity index (χ2v) is 16.4. The highest BCUT2D eigenvalue weighted by molar-refractivity contribution is 9.10. The Hall–Kier alpha value is -6.00. The molecule has 0 bridgehead atoms. The minimum atomic E-state index is -0.417. The van der Waals surface area contributed by atoms with Gasteiger partial charge >= 0.3 is 0 Å². The largest absolute Gasteiger partial charge is 0.309 e. The molecule has 0 atom stereocenters. The number of para-hydroxylation sites is 1. The van der Waals surface area contributed by atoms with Crippen molar-refractivity contribution in [2.45, 2.75) is 5.41 Å². The van der Waals surface area contributed by atoms with Gasteiger partial charge in [-0.2, -0.15) is 0 Å². The smallest absolute Gasteiger partial charge is 0.0726 e. The molecule has 3 heteroatoms. The van der Waals surface area contributed by atoms with Crippen LogP contribution in [0.2, 0.25) is 0 Å². The molecule has 0 aliphatic heterocycles. The average Bonchev–Trinajstić information content (AvgIpc) is 3.86. The van der Waals surface area contributed by atoms with Gasteiger partial charge in [-0.25, -0.2) is 0 Å². The Morgan fingerprint density at radius 2 is 0.907 bits per heavy atom. The molecule has 0 radical (unpaired) electrons. The molecule has 0 amide bonds. The lowest BCUT2D eigenvalue weighted by Gasteiger charge is -2.32. The zero-order chi connectivity index (χ0) is 35.5. The van der Waals surface area contributed by atoms with E-state index in [9.17, 15) is 0 Å². The Bertz CT molecular complexity index is 3130. The van der Waals surface area contributed by atoms with Crippen molar-refractivity contribution in [1.29, 1.82) is 0 Å². The molecule has 0 unspecified atom stereocenters. The predicted molar refractivity (Wildman–Crippen MR) is 233 cm³/mol. The molecule has 1 nitrogen and oxygen atoms in total. The number of benzene rings is 9. The van der Waals surface area contributed by atoms with Gasteiger partial charge in [0.05, 0.1) is 15.8 Å². The number of fused-ring (bicyclic) bond motifs is 18. The van der Waals surface area contributed by atoms with E-state index in [1.165, 1.54) is 86.2 Å². The van der Waals surface area contributed by atoms with Gasteiger partial charge in [0.15, 0.2) is 0 Å². The molecule has 1 heterocycles. The van der Waals surface area contributed by atoms with Gasteiger partial charge in [-0.3, -0.25) is 0 Å². The van der Waals surface area contributed by atoms with Crippen LogP contribution in [-0.2, 0) is 5.41 Å². The zero-order valence-corrected chi connectivity index (χ0v) is 31.5. The van der Waals surface area contributed by atoms with Crippen molar-refractivity contribution in [3.63, 3.8) is 0 Å². The monoisotopic (exact) mass is 767 g/mol. The molecule has 2 aliphatic carbocycles. The third kappa shape index (κ3) is 3.93. The summed E-state index contributed by atoms with van der Waals surface area (Å²) in [7, 11) is 0. The minimum Gasteiger partial charge on any atom is -0.309 e. The van der Waals surface area contributed by atoms with Crippen molar-refractivity contribution < 1.29 is 0 Å². The maximum atomic E-state index is 4.01. The van der Waals surface area contributed by atoms with Gasteiger partial charge in [0.25, 0.3) is 0 Å². The fourth-order valence-electron chi connectivity index (χ4n) is 9.85. The molecule has 0 saturated heterocycles. The number of rotatable bonds is 3.